The summed E-state index contributed by atoms with van der Waals surface area (Å²) in [5.41, 5.74) is 5.35. The van der Waals surface area contributed by atoms with Crippen molar-refractivity contribution in [3.63, 3.8) is 0 Å². The van der Waals surface area contributed by atoms with E-state index in [0.717, 1.165) is 38.2 Å². The maximum atomic E-state index is 5.36. The molecule has 0 radical (unpaired) electrons. The molecule has 4 heteroatoms. The number of hydrogen-bond acceptors (Lipinski definition) is 4. The van der Waals surface area contributed by atoms with Crippen molar-refractivity contribution in [2.24, 2.45) is 0 Å². The Balaban J connectivity index is 1.25. The van der Waals surface area contributed by atoms with Crippen molar-refractivity contribution in [2.45, 2.75) is 0 Å². The number of nitrogens with zero attached hydrogens (tertiary/aromatic N) is 3. The van der Waals surface area contributed by atoms with E-state index in [2.05, 4.69) is 176 Å². The molecule has 0 saturated heterocycles. The van der Waals surface area contributed by atoms with Crippen LogP contribution in [-0.2, 0) is 0 Å². The second-order valence-corrected chi connectivity index (χ2v) is 14.6. The van der Waals surface area contributed by atoms with E-state index in [-0.39, 0.29) is 0 Å². The summed E-state index contributed by atoms with van der Waals surface area (Å²) in [4.78, 5) is 15.9. The van der Waals surface area contributed by atoms with E-state index in [1.54, 1.807) is 0 Å². The Morgan fingerprint density at radius 3 is 1.66 bits per heavy atom. The van der Waals surface area contributed by atoms with Gasteiger partial charge in [-0.15, -0.1) is 11.3 Å². The summed E-state index contributed by atoms with van der Waals surface area (Å²) >= 11 is 1.84. The molecule has 0 atom stereocenters. The van der Waals surface area contributed by atoms with Crippen molar-refractivity contribution in [1.29, 1.82) is 0 Å². The minimum absolute atomic E-state index is 0.651. The standard InChI is InChI=1S/C49H29N3S/c1-2-15-33-28-34(27-26-30(33)12-1)47-50-48(40-23-10-17-32-14-4-6-19-36(32)40)52-49(51-47)41-24-11-22-39-42(37-21-9-16-31-13-3-5-18-35(31)37)29-43-38-20-7-8-25-44(38)53-46(43)45(39)41/h1-29H. The molecule has 0 aliphatic rings. The normalized spacial score (nSPS) is 11.8. The van der Waals surface area contributed by atoms with Gasteiger partial charge in [0.1, 0.15) is 0 Å². The largest absolute Gasteiger partial charge is 0.208 e. The van der Waals surface area contributed by atoms with Gasteiger partial charge in [-0.05, 0) is 67.0 Å². The lowest BCUT2D eigenvalue weighted by molar-refractivity contribution is 1.08. The fraction of sp³-hybridized carbons (Fsp3) is 0. The monoisotopic (exact) mass is 691 g/mol. The van der Waals surface area contributed by atoms with Crippen LogP contribution in [0.3, 0.4) is 0 Å². The van der Waals surface area contributed by atoms with Gasteiger partial charge in [-0.3, -0.25) is 0 Å². The predicted octanol–water partition coefficient (Wildman–Crippen LogP) is 13.5. The Labute approximate surface area is 309 Å². The van der Waals surface area contributed by atoms with Crippen LogP contribution in [-0.4, -0.2) is 15.0 Å². The molecule has 0 spiro atoms. The van der Waals surface area contributed by atoms with E-state index in [9.17, 15) is 0 Å². The van der Waals surface area contributed by atoms with Crippen LogP contribution < -0.4 is 0 Å². The number of thiophene rings is 1. The van der Waals surface area contributed by atoms with Crippen molar-refractivity contribution >= 4 is 74.6 Å². The predicted molar refractivity (Wildman–Crippen MR) is 224 cm³/mol. The highest BCUT2D eigenvalue weighted by Gasteiger charge is 2.21. The van der Waals surface area contributed by atoms with Crippen LogP contribution in [0.4, 0.5) is 0 Å². The third kappa shape index (κ3) is 4.84. The zero-order chi connectivity index (χ0) is 34.9. The zero-order valence-corrected chi connectivity index (χ0v) is 29.3. The molecule has 0 N–H and O–H groups in total. The summed E-state index contributed by atoms with van der Waals surface area (Å²) < 4.78 is 2.50. The van der Waals surface area contributed by atoms with Crippen molar-refractivity contribution in [3.8, 4) is 45.3 Å². The first-order valence-electron chi connectivity index (χ1n) is 17.9. The summed E-state index contributed by atoms with van der Waals surface area (Å²) in [5.74, 6) is 1.97. The first-order chi connectivity index (χ1) is 26.3. The third-order valence-corrected chi connectivity index (χ3v) is 11.7. The number of aromatic nitrogens is 3. The van der Waals surface area contributed by atoms with Gasteiger partial charge in [-0.1, -0.05) is 158 Å². The maximum absolute atomic E-state index is 5.36. The van der Waals surface area contributed by atoms with Gasteiger partial charge in [0, 0.05) is 42.2 Å². The fourth-order valence-corrected chi connectivity index (χ4v) is 9.26. The molecule has 2 aromatic heterocycles. The lowest BCUT2D eigenvalue weighted by Crippen LogP contribution is -2.01. The van der Waals surface area contributed by atoms with Crippen molar-refractivity contribution in [1.82, 2.24) is 15.0 Å². The molecule has 9 aromatic carbocycles. The molecule has 0 fully saturated rings. The molecular formula is C49H29N3S. The number of benzene rings is 9. The lowest BCUT2D eigenvalue weighted by Gasteiger charge is -2.15. The lowest BCUT2D eigenvalue weighted by atomic mass is 9.90. The highest BCUT2D eigenvalue weighted by Crippen LogP contribution is 2.47. The summed E-state index contributed by atoms with van der Waals surface area (Å²) in [6.07, 6.45) is 0. The highest BCUT2D eigenvalue weighted by molar-refractivity contribution is 7.26. The summed E-state index contributed by atoms with van der Waals surface area (Å²) in [5, 5.41) is 11.9. The molecule has 2 heterocycles. The van der Waals surface area contributed by atoms with Gasteiger partial charge >= 0.3 is 0 Å². The molecule has 11 aromatic rings. The average Bonchev–Trinajstić information content (AvgIpc) is 3.61. The molecule has 3 nitrogen and oxygen atoms in total. The third-order valence-electron chi connectivity index (χ3n) is 10.5. The van der Waals surface area contributed by atoms with E-state index >= 15 is 0 Å². The summed E-state index contributed by atoms with van der Waals surface area (Å²) in [6, 6.07) is 62.7. The van der Waals surface area contributed by atoms with Gasteiger partial charge < -0.3 is 0 Å². The second kappa shape index (κ2) is 11.9. The van der Waals surface area contributed by atoms with Crippen LogP contribution in [0.5, 0.6) is 0 Å². The Bertz CT molecular complexity index is 3240. The molecular weight excluding hydrogens is 663 g/mol. The van der Waals surface area contributed by atoms with E-state index in [4.69, 9.17) is 15.0 Å². The number of rotatable bonds is 4. The first-order valence-corrected chi connectivity index (χ1v) is 18.7. The van der Waals surface area contributed by atoms with Gasteiger partial charge in [0.2, 0.25) is 0 Å². The van der Waals surface area contributed by atoms with Gasteiger partial charge in [-0.2, -0.15) is 0 Å². The zero-order valence-electron chi connectivity index (χ0n) is 28.5. The van der Waals surface area contributed by atoms with Gasteiger partial charge in [0.15, 0.2) is 17.5 Å². The van der Waals surface area contributed by atoms with Crippen LogP contribution in [0.2, 0.25) is 0 Å². The topological polar surface area (TPSA) is 38.7 Å². The van der Waals surface area contributed by atoms with Crippen LogP contribution in [0.25, 0.3) is 109 Å². The van der Waals surface area contributed by atoms with Crippen molar-refractivity contribution in [2.75, 3.05) is 0 Å². The van der Waals surface area contributed by atoms with E-state index in [1.807, 2.05) is 11.3 Å². The minimum atomic E-state index is 0.651. The molecule has 53 heavy (non-hydrogen) atoms. The van der Waals surface area contributed by atoms with Crippen LogP contribution >= 0.6 is 11.3 Å². The number of fused-ring (bicyclic) bond motifs is 8. The molecule has 0 saturated carbocycles. The summed E-state index contributed by atoms with van der Waals surface area (Å²) in [7, 11) is 0. The second-order valence-electron chi connectivity index (χ2n) is 13.5. The molecule has 11 rings (SSSR count). The van der Waals surface area contributed by atoms with Crippen molar-refractivity contribution in [3.05, 3.63) is 176 Å². The van der Waals surface area contributed by atoms with Gasteiger partial charge in [0.25, 0.3) is 0 Å². The van der Waals surface area contributed by atoms with E-state index < -0.39 is 0 Å². The first kappa shape index (κ1) is 29.9. The molecule has 0 aliphatic carbocycles. The Kier molecular flexibility index (Phi) is 6.73. The smallest absolute Gasteiger partial charge is 0.164 e. The van der Waals surface area contributed by atoms with Crippen molar-refractivity contribution < 1.29 is 0 Å². The number of hydrogen-bond donors (Lipinski definition) is 0. The van der Waals surface area contributed by atoms with Gasteiger partial charge in [0.05, 0.1) is 0 Å². The highest BCUT2D eigenvalue weighted by atomic mass is 32.1. The summed E-state index contributed by atoms with van der Waals surface area (Å²) in [6.45, 7) is 0. The SMILES string of the molecule is c1ccc2cc(-c3nc(-c4cccc5ccccc45)nc(-c4cccc5c(-c6cccc7ccccc67)cc6c7ccccc7sc6c45)n3)ccc2c1. The molecule has 0 aliphatic heterocycles. The van der Waals surface area contributed by atoms with E-state index in [0.29, 0.717) is 17.5 Å². The van der Waals surface area contributed by atoms with Crippen LogP contribution in [0.1, 0.15) is 0 Å². The Morgan fingerprint density at radius 2 is 0.868 bits per heavy atom. The molecule has 0 unspecified atom stereocenters. The van der Waals surface area contributed by atoms with Gasteiger partial charge in [-0.25, -0.2) is 15.0 Å². The Morgan fingerprint density at radius 1 is 0.321 bits per heavy atom. The minimum Gasteiger partial charge on any atom is -0.208 e. The van der Waals surface area contributed by atoms with Crippen LogP contribution in [0.15, 0.2) is 176 Å². The molecule has 246 valence electrons. The van der Waals surface area contributed by atoms with E-state index in [1.165, 1.54) is 52.8 Å². The maximum Gasteiger partial charge on any atom is 0.164 e. The fourth-order valence-electron chi connectivity index (χ4n) is 8.00. The molecule has 0 amide bonds. The average molecular weight is 692 g/mol. The Hall–Kier alpha value is -6.75. The molecule has 0 bridgehead atoms. The quantitative estimate of drug-likeness (QED) is 0.184. The van der Waals surface area contributed by atoms with Crippen LogP contribution in [0, 0.1) is 0 Å².